The lowest BCUT2D eigenvalue weighted by Gasteiger charge is -2.30. The molecule has 0 aliphatic carbocycles. The highest BCUT2D eigenvalue weighted by Crippen LogP contribution is 2.52. The minimum absolute atomic E-state index is 0.115. The second-order valence-corrected chi connectivity index (χ2v) is 6.15. The van der Waals surface area contributed by atoms with Gasteiger partial charge in [-0.15, -0.1) is 6.58 Å². The molecule has 0 N–H and O–H groups in total. The molecule has 1 aromatic rings. The van der Waals surface area contributed by atoms with Gasteiger partial charge in [0.25, 0.3) is 0 Å². The predicted molar refractivity (Wildman–Crippen MR) is 104 cm³/mol. The minimum Gasteiger partial charge on any atom is -0.465 e. The Bertz CT molecular complexity index is 691. The van der Waals surface area contributed by atoms with Gasteiger partial charge in [0.15, 0.2) is 6.29 Å². The first-order chi connectivity index (χ1) is 13.6. The summed E-state index contributed by atoms with van der Waals surface area (Å²) in [7, 11) is 0. The molecule has 0 radical (unpaired) electrons. The van der Waals surface area contributed by atoms with Crippen molar-refractivity contribution in [1.29, 1.82) is 0 Å². The number of esters is 2. The van der Waals surface area contributed by atoms with Crippen molar-refractivity contribution < 1.29 is 28.5 Å². The molecule has 1 saturated heterocycles. The fourth-order valence-electron chi connectivity index (χ4n) is 3.32. The van der Waals surface area contributed by atoms with Gasteiger partial charge in [-0.05, 0) is 38.3 Å². The molecule has 2 rings (SSSR count). The fraction of sp³-hybridized carbons (Fsp3) is 0.455. The van der Waals surface area contributed by atoms with E-state index in [0.29, 0.717) is 12.0 Å². The van der Waals surface area contributed by atoms with Crippen LogP contribution in [0.5, 0.6) is 0 Å². The molecule has 1 heterocycles. The van der Waals surface area contributed by atoms with Crippen molar-refractivity contribution in [2.75, 3.05) is 19.8 Å². The molecular formula is C22H28O6. The maximum Gasteiger partial charge on any atom is 0.333 e. The number of carbonyl (C=O) groups excluding carboxylic acids is 2. The molecule has 0 aromatic heterocycles. The number of hydrogen-bond acceptors (Lipinski definition) is 6. The minimum atomic E-state index is -1.83. The highest BCUT2D eigenvalue weighted by atomic mass is 16.7. The number of ether oxygens (including phenoxy) is 4. The lowest BCUT2D eigenvalue weighted by molar-refractivity contribution is -0.205. The zero-order valence-electron chi connectivity index (χ0n) is 16.7. The molecule has 1 fully saturated rings. The highest BCUT2D eigenvalue weighted by Gasteiger charge is 2.66. The number of benzene rings is 1. The smallest absolute Gasteiger partial charge is 0.333 e. The van der Waals surface area contributed by atoms with E-state index >= 15 is 0 Å². The van der Waals surface area contributed by atoms with E-state index in [2.05, 4.69) is 6.58 Å². The number of rotatable bonds is 9. The molecule has 6 nitrogen and oxygen atoms in total. The monoisotopic (exact) mass is 388 g/mol. The van der Waals surface area contributed by atoms with Gasteiger partial charge < -0.3 is 18.9 Å². The summed E-state index contributed by atoms with van der Waals surface area (Å²) in [5.74, 6) is -1.47. The zero-order valence-corrected chi connectivity index (χ0v) is 16.7. The molecule has 152 valence electrons. The Morgan fingerprint density at radius 3 is 2.18 bits per heavy atom. The molecule has 1 aromatic carbocycles. The van der Waals surface area contributed by atoms with E-state index in [1.165, 1.54) is 0 Å². The first-order valence-corrected chi connectivity index (χ1v) is 9.55. The van der Waals surface area contributed by atoms with E-state index in [1.54, 1.807) is 32.9 Å². The second-order valence-electron chi connectivity index (χ2n) is 6.15. The standard InChI is InChI=1S/C22H28O6/c1-5-9-15-17-18(16-13-11-10-12-14-16)28-21(27-8-4)22(17,19(23)25-6-2)20(24)26-7-3/h5,10-15,18,21H,1,6-9H2,2-4H3/b17-15+/t18-,21-/m1/s1. The summed E-state index contributed by atoms with van der Waals surface area (Å²) in [6, 6.07) is 9.38. The van der Waals surface area contributed by atoms with Crippen LogP contribution in [0.3, 0.4) is 0 Å². The first-order valence-electron chi connectivity index (χ1n) is 9.55. The molecule has 6 heteroatoms. The van der Waals surface area contributed by atoms with Crippen molar-refractivity contribution in [2.24, 2.45) is 5.41 Å². The quantitative estimate of drug-likeness (QED) is 0.365. The number of hydrogen-bond donors (Lipinski definition) is 0. The summed E-state index contributed by atoms with van der Waals surface area (Å²) in [5, 5.41) is 0. The normalized spacial score (nSPS) is 22.0. The number of allylic oxidation sites excluding steroid dienone is 2. The van der Waals surface area contributed by atoms with Gasteiger partial charge in [-0.3, -0.25) is 9.59 Å². The molecule has 0 unspecified atom stereocenters. The Morgan fingerprint density at radius 1 is 1.07 bits per heavy atom. The summed E-state index contributed by atoms with van der Waals surface area (Å²) >= 11 is 0. The van der Waals surface area contributed by atoms with Crippen LogP contribution in [0.2, 0.25) is 0 Å². The molecular weight excluding hydrogens is 360 g/mol. The van der Waals surface area contributed by atoms with Crippen LogP contribution in [0, 0.1) is 5.41 Å². The van der Waals surface area contributed by atoms with E-state index < -0.39 is 29.7 Å². The van der Waals surface area contributed by atoms with Gasteiger partial charge in [0.05, 0.1) is 13.2 Å². The fourth-order valence-corrected chi connectivity index (χ4v) is 3.32. The Labute approximate surface area is 166 Å². The average molecular weight is 388 g/mol. The molecule has 2 atom stereocenters. The summed E-state index contributed by atoms with van der Waals surface area (Å²) < 4.78 is 22.4. The van der Waals surface area contributed by atoms with Crippen LogP contribution >= 0.6 is 0 Å². The number of carbonyl (C=O) groups is 2. The van der Waals surface area contributed by atoms with Crippen LogP contribution < -0.4 is 0 Å². The van der Waals surface area contributed by atoms with Crippen molar-refractivity contribution in [3.63, 3.8) is 0 Å². The van der Waals surface area contributed by atoms with Gasteiger partial charge in [-0.25, -0.2) is 0 Å². The molecule has 28 heavy (non-hydrogen) atoms. The van der Waals surface area contributed by atoms with E-state index in [0.717, 1.165) is 5.56 Å². The van der Waals surface area contributed by atoms with Crippen molar-refractivity contribution in [3.8, 4) is 0 Å². The van der Waals surface area contributed by atoms with Crippen LogP contribution in [0.25, 0.3) is 0 Å². The van der Waals surface area contributed by atoms with E-state index in [9.17, 15) is 9.59 Å². The zero-order chi connectivity index (χ0) is 20.6. The van der Waals surface area contributed by atoms with Crippen LogP contribution in [0.1, 0.15) is 38.9 Å². The van der Waals surface area contributed by atoms with Gasteiger partial charge in [0, 0.05) is 6.61 Å². The van der Waals surface area contributed by atoms with Crippen molar-refractivity contribution in [2.45, 2.75) is 39.6 Å². The van der Waals surface area contributed by atoms with Gasteiger partial charge in [0.2, 0.25) is 5.41 Å². The largest absolute Gasteiger partial charge is 0.465 e. The molecule has 0 spiro atoms. The third-order valence-electron chi connectivity index (χ3n) is 4.47. The van der Waals surface area contributed by atoms with Gasteiger partial charge >= 0.3 is 11.9 Å². The second kappa shape index (κ2) is 10.2. The molecule has 0 amide bonds. The van der Waals surface area contributed by atoms with Crippen LogP contribution in [0.4, 0.5) is 0 Å². The third-order valence-corrected chi connectivity index (χ3v) is 4.47. The summed E-state index contributed by atoms with van der Waals surface area (Å²) in [4.78, 5) is 26.3. The van der Waals surface area contributed by atoms with Crippen molar-refractivity contribution >= 4 is 11.9 Å². The van der Waals surface area contributed by atoms with E-state index in [4.69, 9.17) is 18.9 Å². The van der Waals surface area contributed by atoms with Gasteiger partial charge in [-0.1, -0.05) is 42.5 Å². The molecule has 1 aliphatic rings. The average Bonchev–Trinajstić information content (AvgIpc) is 3.02. The Kier molecular flexibility index (Phi) is 7.96. The lowest BCUT2D eigenvalue weighted by atomic mass is 9.77. The van der Waals surface area contributed by atoms with Gasteiger partial charge in [0.1, 0.15) is 6.10 Å². The first kappa shape index (κ1) is 21.9. The summed E-state index contributed by atoms with van der Waals surface area (Å²) in [6.07, 6.45) is 2.10. The highest BCUT2D eigenvalue weighted by molar-refractivity contribution is 6.05. The van der Waals surface area contributed by atoms with Crippen LogP contribution in [-0.2, 0) is 28.5 Å². The van der Waals surface area contributed by atoms with E-state index in [1.807, 2.05) is 30.3 Å². The molecule has 0 saturated carbocycles. The van der Waals surface area contributed by atoms with Crippen LogP contribution in [0.15, 0.2) is 54.6 Å². The Balaban J connectivity index is 2.70. The molecule has 1 aliphatic heterocycles. The van der Waals surface area contributed by atoms with E-state index in [-0.39, 0.29) is 19.8 Å². The lowest BCUT2D eigenvalue weighted by Crippen LogP contribution is -2.50. The van der Waals surface area contributed by atoms with Crippen molar-refractivity contribution in [1.82, 2.24) is 0 Å². The summed E-state index contributed by atoms with van der Waals surface area (Å²) in [6.45, 7) is 9.36. The van der Waals surface area contributed by atoms with Crippen LogP contribution in [-0.4, -0.2) is 38.0 Å². The Morgan fingerprint density at radius 2 is 1.68 bits per heavy atom. The molecule has 0 bridgehead atoms. The predicted octanol–water partition coefficient (Wildman–Crippen LogP) is 3.74. The van der Waals surface area contributed by atoms with Crippen molar-refractivity contribution in [3.05, 3.63) is 60.2 Å². The summed E-state index contributed by atoms with van der Waals surface area (Å²) in [5.41, 5.74) is -0.571. The maximum atomic E-state index is 13.2. The maximum absolute atomic E-state index is 13.2. The topological polar surface area (TPSA) is 71.1 Å². The SMILES string of the molecule is C=CC/C=C1\[C@@H](c2ccccc2)O[C@@H](OCC)C1(C(=O)OCC)C(=O)OCC. The third kappa shape index (κ3) is 4.03. The Hall–Kier alpha value is -2.44. The van der Waals surface area contributed by atoms with Gasteiger partial charge in [-0.2, -0.15) is 0 Å².